The first kappa shape index (κ1) is 12.7. The molecule has 2 aliphatic rings. The zero-order valence-electron chi connectivity index (χ0n) is 10.5. The van der Waals surface area contributed by atoms with Gasteiger partial charge in [0.15, 0.2) is 0 Å². The molecule has 1 atom stereocenters. The van der Waals surface area contributed by atoms with Crippen molar-refractivity contribution in [3.05, 3.63) is 0 Å². The van der Waals surface area contributed by atoms with Crippen LogP contribution in [0, 0.1) is 0 Å². The zero-order chi connectivity index (χ0) is 11.3. The van der Waals surface area contributed by atoms with Crippen molar-refractivity contribution in [2.75, 3.05) is 26.0 Å². The summed E-state index contributed by atoms with van der Waals surface area (Å²) in [6.45, 7) is 3.20. The number of nitrogens with one attached hydrogen (secondary N) is 1. The van der Waals surface area contributed by atoms with E-state index in [1.165, 1.54) is 51.5 Å². The van der Waals surface area contributed by atoms with Crippen LogP contribution in [0.2, 0.25) is 0 Å². The Morgan fingerprint density at radius 2 is 2.06 bits per heavy atom. The predicted octanol–water partition coefficient (Wildman–Crippen LogP) is 2.82. The van der Waals surface area contributed by atoms with Crippen LogP contribution in [0.15, 0.2) is 0 Å². The first-order valence-corrected chi connectivity index (χ1v) is 7.95. The summed E-state index contributed by atoms with van der Waals surface area (Å²) in [5, 5.41) is 3.64. The van der Waals surface area contributed by atoms with Crippen LogP contribution < -0.4 is 5.32 Å². The fourth-order valence-electron chi connectivity index (χ4n) is 2.92. The molecular formula is C13H25NOS. The number of rotatable bonds is 5. The van der Waals surface area contributed by atoms with Gasteiger partial charge in [0.25, 0.3) is 0 Å². The topological polar surface area (TPSA) is 21.3 Å². The van der Waals surface area contributed by atoms with Crippen molar-refractivity contribution < 1.29 is 4.74 Å². The predicted molar refractivity (Wildman–Crippen MR) is 71.2 cm³/mol. The van der Waals surface area contributed by atoms with Gasteiger partial charge in [-0.2, -0.15) is 11.8 Å². The van der Waals surface area contributed by atoms with Crippen LogP contribution in [-0.4, -0.2) is 36.8 Å². The van der Waals surface area contributed by atoms with E-state index in [9.17, 15) is 0 Å². The number of hydrogen-bond acceptors (Lipinski definition) is 3. The Morgan fingerprint density at radius 3 is 2.69 bits per heavy atom. The molecule has 1 saturated carbocycles. The third-order valence-corrected chi connectivity index (χ3v) is 5.46. The molecule has 0 bridgehead atoms. The summed E-state index contributed by atoms with van der Waals surface area (Å²) >= 11 is 2.07. The van der Waals surface area contributed by atoms with Crippen molar-refractivity contribution in [1.82, 2.24) is 5.32 Å². The smallest absolute Gasteiger partial charge is 0.0700 e. The van der Waals surface area contributed by atoms with Gasteiger partial charge in [0.1, 0.15) is 0 Å². The molecule has 94 valence electrons. The minimum Gasteiger partial charge on any atom is -0.377 e. The Kier molecular flexibility index (Phi) is 4.98. The normalized spacial score (nSPS) is 29.4. The average Bonchev–Trinajstić information content (AvgIpc) is 2.83. The fourth-order valence-corrected chi connectivity index (χ4v) is 3.86. The highest BCUT2D eigenvalue weighted by atomic mass is 32.2. The summed E-state index contributed by atoms with van der Waals surface area (Å²) in [6.07, 6.45) is 12.3. The van der Waals surface area contributed by atoms with Gasteiger partial charge in [0, 0.05) is 24.4 Å². The number of ether oxygens (including phenoxy) is 1. The van der Waals surface area contributed by atoms with E-state index < -0.39 is 0 Å². The third-order valence-electron chi connectivity index (χ3n) is 4.04. The molecule has 0 aromatic rings. The second-order valence-electron chi connectivity index (χ2n) is 5.21. The molecule has 2 rings (SSSR count). The van der Waals surface area contributed by atoms with Gasteiger partial charge in [-0.15, -0.1) is 0 Å². The summed E-state index contributed by atoms with van der Waals surface area (Å²) in [6, 6.07) is 0. The largest absolute Gasteiger partial charge is 0.377 e. The minimum atomic E-state index is 0.488. The van der Waals surface area contributed by atoms with Crippen molar-refractivity contribution in [3.63, 3.8) is 0 Å². The lowest BCUT2D eigenvalue weighted by Gasteiger charge is -2.36. The molecule has 1 unspecified atom stereocenters. The third kappa shape index (κ3) is 3.38. The Labute approximate surface area is 104 Å². The maximum absolute atomic E-state index is 5.64. The van der Waals surface area contributed by atoms with E-state index in [2.05, 4.69) is 23.3 Å². The van der Waals surface area contributed by atoms with Gasteiger partial charge in [0.2, 0.25) is 0 Å². The van der Waals surface area contributed by atoms with Crippen LogP contribution in [0.4, 0.5) is 0 Å². The maximum atomic E-state index is 5.64. The Morgan fingerprint density at radius 1 is 1.25 bits per heavy atom. The quantitative estimate of drug-likeness (QED) is 0.802. The van der Waals surface area contributed by atoms with Crippen LogP contribution in [-0.2, 0) is 4.74 Å². The summed E-state index contributed by atoms with van der Waals surface area (Å²) in [5.41, 5.74) is 0. The van der Waals surface area contributed by atoms with Crippen LogP contribution in [0.1, 0.15) is 44.9 Å². The first-order valence-electron chi connectivity index (χ1n) is 6.72. The molecule has 3 heteroatoms. The molecule has 0 aromatic carbocycles. The average molecular weight is 243 g/mol. The molecule has 1 heterocycles. The van der Waals surface area contributed by atoms with E-state index in [0.29, 0.717) is 10.9 Å². The van der Waals surface area contributed by atoms with Crippen LogP contribution in [0.5, 0.6) is 0 Å². The summed E-state index contributed by atoms with van der Waals surface area (Å²) in [7, 11) is 0. The van der Waals surface area contributed by atoms with E-state index in [1.807, 2.05) is 0 Å². The SMILES string of the molecule is CSC1(CNCC2CCCO2)CCCCC1. The van der Waals surface area contributed by atoms with E-state index in [0.717, 1.165) is 13.2 Å². The van der Waals surface area contributed by atoms with E-state index >= 15 is 0 Å². The lowest BCUT2D eigenvalue weighted by atomic mass is 9.88. The van der Waals surface area contributed by atoms with Crippen LogP contribution in [0.3, 0.4) is 0 Å². The standard InChI is InChI=1S/C13H25NOS/c1-16-13(7-3-2-4-8-13)11-14-10-12-6-5-9-15-12/h12,14H,2-11H2,1H3. The fraction of sp³-hybridized carbons (Fsp3) is 1.00. The molecule has 1 aliphatic heterocycles. The zero-order valence-corrected chi connectivity index (χ0v) is 11.3. The Bertz CT molecular complexity index is 198. The molecule has 1 saturated heterocycles. The van der Waals surface area contributed by atoms with Gasteiger partial charge in [-0.05, 0) is 31.9 Å². The van der Waals surface area contributed by atoms with Gasteiger partial charge in [-0.25, -0.2) is 0 Å². The van der Waals surface area contributed by atoms with Gasteiger partial charge >= 0.3 is 0 Å². The number of thioether (sulfide) groups is 1. The molecule has 0 radical (unpaired) electrons. The van der Waals surface area contributed by atoms with Gasteiger partial charge in [-0.3, -0.25) is 0 Å². The Balaban J connectivity index is 1.69. The molecule has 0 amide bonds. The molecule has 2 fully saturated rings. The highest BCUT2D eigenvalue weighted by molar-refractivity contribution is 8.00. The van der Waals surface area contributed by atoms with Crippen molar-refractivity contribution in [3.8, 4) is 0 Å². The molecule has 1 aliphatic carbocycles. The summed E-state index contributed by atoms with van der Waals surface area (Å²) in [4.78, 5) is 0. The maximum Gasteiger partial charge on any atom is 0.0700 e. The lowest BCUT2D eigenvalue weighted by molar-refractivity contribution is 0.109. The number of hydrogen-bond donors (Lipinski definition) is 1. The molecule has 16 heavy (non-hydrogen) atoms. The summed E-state index contributed by atoms with van der Waals surface area (Å²) in [5.74, 6) is 0. The van der Waals surface area contributed by atoms with E-state index in [-0.39, 0.29) is 0 Å². The highest BCUT2D eigenvalue weighted by Gasteiger charge is 2.30. The van der Waals surface area contributed by atoms with Crippen LogP contribution >= 0.6 is 11.8 Å². The van der Waals surface area contributed by atoms with E-state index in [1.54, 1.807) is 0 Å². The first-order chi connectivity index (χ1) is 7.85. The van der Waals surface area contributed by atoms with Crippen molar-refractivity contribution >= 4 is 11.8 Å². The van der Waals surface area contributed by atoms with Crippen molar-refractivity contribution in [2.45, 2.75) is 55.8 Å². The second-order valence-corrected chi connectivity index (χ2v) is 6.49. The Hall–Kier alpha value is 0.270. The van der Waals surface area contributed by atoms with Crippen LogP contribution in [0.25, 0.3) is 0 Å². The molecular weight excluding hydrogens is 218 g/mol. The second kappa shape index (κ2) is 6.27. The molecule has 0 spiro atoms. The summed E-state index contributed by atoms with van der Waals surface area (Å²) < 4.78 is 6.16. The van der Waals surface area contributed by atoms with Gasteiger partial charge in [0.05, 0.1) is 6.10 Å². The molecule has 2 nitrogen and oxygen atoms in total. The molecule has 0 aromatic heterocycles. The van der Waals surface area contributed by atoms with Gasteiger partial charge in [-0.1, -0.05) is 19.3 Å². The highest BCUT2D eigenvalue weighted by Crippen LogP contribution is 2.37. The van der Waals surface area contributed by atoms with Crippen molar-refractivity contribution in [1.29, 1.82) is 0 Å². The lowest BCUT2D eigenvalue weighted by Crippen LogP contribution is -2.41. The van der Waals surface area contributed by atoms with E-state index in [4.69, 9.17) is 4.74 Å². The monoisotopic (exact) mass is 243 g/mol. The van der Waals surface area contributed by atoms with Crippen molar-refractivity contribution in [2.24, 2.45) is 0 Å². The minimum absolute atomic E-state index is 0.488. The molecule has 1 N–H and O–H groups in total. The van der Waals surface area contributed by atoms with Gasteiger partial charge < -0.3 is 10.1 Å².